The highest BCUT2D eigenvalue weighted by Crippen LogP contribution is 2.30. The molecule has 0 spiro atoms. The molecule has 76 valence electrons. The first-order chi connectivity index (χ1) is 6.32. The highest BCUT2D eigenvalue weighted by atomic mass is 16.3. The Morgan fingerprint density at radius 3 is 2.21 bits per heavy atom. The molecule has 0 amide bonds. The maximum Gasteiger partial charge on any atom is 0.123 e. The topological polar surface area (TPSA) is 20.2 Å². The summed E-state index contributed by atoms with van der Waals surface area (Å²) in [6, 6.07) is 5.80. The number of hydrogen-bond donors (Lipinski definition) is 1. The molecule has 0 fully saturated rings. The first kappa shape index (κ1) is 10.8. The van der Waals surface area contributed by atoms with Crippen molar-refractivity contribution in [3.63, 3.8) is 0 Å². The Labute approximate surface area is 86.1 Å². The van der Waals surface area contributed by atoms with Crippen LogP contribution in [-0.4, -0.2) is 5.11 Å². The van der Waals surface area contributed by atoms with E-state index in [9.17, 15) is 5.11 Å². The number of allylic oxidation sites excluding steroid dienone is 1. The van der Waals surface area contributed by atoms with Crippen molar-refractivity contribution in [1.82, 2.24) is 0 Å². The van der Waals surface area contributed by atoms with E-state index in [4.69, 9.17) is 0 Å². The average Bonchev–Trinajstić information content (AvgIpc) is 2.01. The van der Waals surface area contributed by atoms with Gasteiger partial charge >= 0.3 is 0 Å². The lowest BCUT2D eigenvalue weighted by Crippen LogP contribution is -2.10. The van der Waals surface area contributed by atoms with E-state index in [1.807, 2.05) is 25.1 Å². The highest BCUT2D eigenvalue weighted by Gasteiger charge is 2.15. The molecule has 1 nitrogen and oxygen atoms in total. The first-order valence-electron chi connectivity index (χ1n) is 4.82. The molecule has 1 rings (SSSR count). The van der Waals surface area contributed by atoms with Crippen LogP contribution in [0.5, 0.6) is 5.75 Å². The second kappa shape index (κ2) is 3.49. The van der Waals surface area contributed by atoms with Crippen LogP contribution < -0.4 is 0 Å². The van der Waals surface area contributed by atoms with E-state index in [2.05, 4.69) is 27.4 Å². The molecule has 0 aromatic heterocycles. The van der Waals surface area contributed by atoms with Crippen LogP contribution in [0.4, 0.5) is 0 Å². The Kier molecular flexibility index (Phi) is 2.70. The summed E-state index contributed by atoms with van der Waals surface area (Å²) < 4.78 is 0. The van der Waals surface area contributed by atoms with Crippen LogP contribution in [-0.2, 0) is 5.41 Å². The predicted octanol–water partition coefficient (Wildman–Crippen LogP) is 3.72. The van der Waals surface area contributed by atoms with Crippen LogP contribution in [0.1, 0.15) is 38.8 Å². The second-order valence-electron chi connectivity index (χ2n) is 4.76. The Bertz CT molecular complexity index is 356. The van der Waals surface area contributed by atoms with Crippen molar-refractivity contribution in [2.24, 2.45) is 0 Å². The van der Waals surface area contributed by atoms with Crippen molar-refractivity contribution in [3.05, 3.63) is 35.9 Å². The first-order valence-corrected chi connectivity index (χ1v) is 4.82. The fourth-order valence-corrected chi connectivity index (χ4v) is 1.36. The van der Waals surface area contributed by atoms with Crippen molar-refractivity contribution >= 4 is 5.57 Å². The van der Waals surface area contributed by atoms with Gasteiger partial charge in [-0.1, -0.05) is 39.5 Å². The lowest BCUT2D eigenvalue weighted by atomic mass is 9.86. The van der Waals surface area contributed by atoms with E-state index in [1.54, 1.807) is 0 Å². The Morgan fingerprint density at radius 2 is 1.86 bits per heavy atom. The summed E-state index contributed by atoms with van der Waals surface area (Å²) >= 11 is 0. The van der Waals surface area contributed by atoms with E-state index in [1.165, 1.54) is 0 Å². The molecule has 0 heterocycles. The Morgan fingerprint density at radius 1 is 1.29 bits per heavy atom. The summed E-state index contributed by atoms with van der Waals surface area (Å²) in [6.45, 7) is 12.1. The zero-order valence-corrected chi connectivity index (χ0v) is 9.39. The number of aromatic hydroxyl groups is 1. The predicted molar refractivity (Wildman–Crippen MR) is 61.5 cm³/mol. The van der Waals surface area contributed by atoms with Gasteiger partial charge in [0.2, 0.25) is 0 Å². The highest BCUT2D eigenvalue weighted by molar-refractivity contribution is 5.67. The molecular formula is C13H18O. The minimum atomic E-state index is 0.0745. The van der Waals surface area contributed by atoms with Gasteiger partial charge in [0.05, 0.1) is 0 Å². The van der Waals surface area contributed by atoms with Gasteiger partial charge in [0, 0.05) is 5.56 Å². The normalized spacial score (nSPS) is 11.4. The van der Waals surface area contributed by atoms with Crippen molar-refractivity contribution in [1.29, 1.82) is 0 Å². The third-order valence-electron chi connectivity index (χ3n) is 2.32. The maximum absolute atomic E-state index is 9.76. The monoisotopic (exact) mass is 190 g/mol. The molecule has 0 unspecified atom stereocenters. The smallest absolute Gasteiger partial charge is 0.123 e. The third kappa shape index (κ3) is 2.16. The number of phenolic OH excluding ortho intramolecular Hbond substituents is 1. The van der Waals surface area contributed by atoms with Crippen LogP contribution >= 0.6 is 0 Å². The molecule has 0 saturated heterocycles. The zero-order chi connectivity index (χ0) is 10.9. The van der Waals surface area contributed by atoms with Gasteiger partial charge in [-0.05, 0) is 29.5 Å². The van der Waals surface area contributed by atoms with Gasteiger partial charge in [-0.15, -0.1) is 0 Å². The molecule has 0 aliphatic heterocycles. The zero-order valence-electron chi connectivity index (χ0n) is 9.39. The molecule has 0 atom stereocenters. The summed E-state index contributed by atoms with van der Waals surface area (Å²) in [6.07, 6.45) is 0. The molecule has 1 N–H and O–H groups in total. The quantitative estimate of drug-likeness (QED) is 0.715. The molecule has 14 heavy (non-hydrogen) atoms. The van der Waals surface area contributed by atoms with Gasteiger partial charge in [0.15, 0.2) is 0 Å². The number of rotatable bonds is 1. The van der Waals surface area contributed by atoms with Gasteiger partial charge < -0.3 is 5.11 Å². The Hall–Kier alpha value is -1.24. The maximum atomic E-state index is 9.76. The summed E-state index contributed by atoms with van der Waals surface area (Å²) in [7, 11) is 0. The number of phenols is 1. The van der Waals surface area contributed by atoms with E-state index in [0.29, 0.717) is 5.75 Å². The molecule has 0 aliphatic rings. The van der Waals surface area contributed by atoms with Crippen LogP contribution in [0.3, 0.4) is 0 Å². The largest absolute Gasteiger partial charge is 0.507 e. The minimum absolute atomic E-state index is 0.0745. The summed E-state index contributed by atoms with van der Waals surface area (Å²) in [5.74, 6) is 0.324. The fraction of sp³-hybridized carbons (Fsp3) is 0.385. The van der Waals surface area contributed by atoms with Gasteiger partial charge in [0.1, 0.15) is 5.75 Å². The van der Waals surface area contributed by atoms with Gasteiger partial charge in [-0.25, -0.2) is 0 Å². The van der Waals surface area contributed by atoms with Crippen LogP contribution in [0.2, 0.25) is 0 Å². The summed E-state index contributed by atoms with van der Waals surface area (Å²) in [5.41, 5.74) is 2.94. The molecule has 0 saturated carbocycles. The van der Waals surface area contributed by atoms with Crippen LogP contribution in [0.15, 0.2) is 24.8 Å². The molecule has 1 aromatic rings. The fourth-order valence-electron chi connectivity index (χ4n) is 1.36. The number of benzene rings is 1. The van der Waals surface area contributed by atoms with Crippen molar-refractivity contribution < 1.29 is 5.11 Å². The van der Waals surface area contributed by atoms with E-state index in [0.717, 1.165) is 16.7 Å². The lowest BCUT2D eigenvalue weighted by Gasteiger charge is -2.20. The summed E-state index contributed by atoms with van der Waals surface area (Å²) in [5, 5.41) is 9.76. The Balaban J connectivity index is 3.20. The molecule has 1 heteroatoms. The van der Waals surface area contributed by atoms with E-state index >= 15 is 0 Å². The van der Waals surface area contributed by atoms with Gasteiger partial charge in [0.25, 0.3) is 0 Å². The van der Waals surface area contributed by atoms with Crippen LogP contribution in [0, 0.1) is 0 Å². The lowest BCUT2D eigenvalue weighted by molar-refractivity contribution is 0.469. The molecule has 0 radical (unpaired) electrons. The molecule has 0 aliphatic carbocycles. The SMILES string of the molecule is C=C(C)c1ccc(C(C)(C)C)cc1O. The van der Waals surface area contributed by atoms with E-state index < -0.39 is 0 Å². The van der Waals surface area contributed by atoms with E-state index in [-0.39, 0.29) is 5.41 Å². The van der Waals surface area contributed by atoms with Gasteiger partial charge in [-0.2, -0.15) is 0 Å². The number of hydrogen-bond acceptors (Lipinski definition) is 1. The molecular weight excluding hydrogens is 172 g/mol. The van der Waals surface area contributed by atoms with Crippen molar-refractivity contribution in [2.75, 3.05) is 0 Å². The summed E-state index contributed by atoms with van der Waals surface area (Å²) in [4.78, 5) is 0. The van der Waals surface area contributed by atoms with Crippen molar-refractivity contribution in [2.45, 2.75) is 33.1 Å². The van der Waals surface area contributed by atoms with Gasteiger partial charge in [-0.3, -0.25) is 0 Å². The molecule has 0 bridgehead atoms. The third-order valence-corrected chi connectivity index (χ3v) is 2.32. The van der Waals surface area contributed by atoms with Crippen molar-refractivity contribution in [3.8, 4) is 5.75 Å². The van der Waals surface area contributed by atoms with Crippen LogP contribution in [0.25, 0.3) is 5.57 Å². The minimum Gasteiger partial charge on any atom is -0.507 e. The average molecular weight is 190 g/mol. The second-order valence-corrected chi connectivity index (χ2v) is 4.76. The standard InChI is InChI=1S/C13H18O/c1-9(2)11-7-6-10(8-12(11)14)13(3,4)5/h6-8,14H,1H2,2-5H3. The molecule has 1 aromatic carbocycles.